The quantitative estimate of drug-likeness (QED) is 0.181. The van der Waals surface area contributed by atoms with E-state index in [1.54, 1.807) is 0 Å². The molecule has 0 aromatic heterocycles. The maximum absolute atomic E-state index is 7.03. The summed E-state index contributed by atoms with van der Waals surface area (Å²) in [6.45, 7) is 0. The van der Waals surface area contributed by atoms with Crippen molar-refractivity contribution in [1.82, 2.24) is 0 Å². The molecule has 0 fully saturated rings. The fraction of sp³-hybridized carbons (Fsp3) is 0.0800. The molecule has 7 aromatic carbocycles. The molecule has 1 unspecified atom stereocenters. The molecule has 5 aliphatic rings. The summed E-state index contributed by atoms with van der Waals surface area (Å²) in [6, 6.07) is 60.9. The van der Waals surface area contributed by atoms with Crippen LogP contribution in [0.15, 0.2) is 187 Å². The fourth-order valence-corrected chi connectivity index (χ4v) is 10.8. The second kappa shape index (κ2) is 9.74. The van der Waals surface area contributed by atoms with E-state index in [1.165, 1.54) is 83.5 Å². The van der Waals surface area contributed by atoms with Crippen LogP contribution in [0.3, 0.4) is 0 Å². The van der Waals surface area contributed by atoms with E-state index >= 15 is 0 Å². The third-order valence-corrected chi connectivity index (χ3v) is 12.6. The van der Waals surface area contributed by atoms with Crippen LogP contribution in [0.4, 0.5) is 0 Å². The number of benzene rings is 7. The van der Waals surface area contributed by atoms with E-state index in [0.29, 0.717) is 5.92 Å². The van der Waals surface area contributed by atoms with Crippen molar-refractivity contribution < 1.29 is 4.74 Å². The Labute approximate surface area is 297 Å². The second-order valence-electron chi connectivity index (χ2n) is 14.6. The normalized spacial score (nSPS) is 18.1. The molecule has 7 aromatic rings. The van der Waals surface area contributed by atoms with Crippen LogP contribution >= 0.6 is 0 Å². The first-order chi connectivity index (χ1) is 25.3. The minimum Gasteiger partial charge on any atom is -0.458 e. The Hall–Kier alpha value is -6.18. The van der Waals surface area contributed by atoms with Gasteiger partial charge in [-0.2, -0.15) is 0 Å². The minimum absolute atomic E-state index is 0.303. The zero-order valence-corrected chi connectivity index (χ0v) is 27.9. The number of hydrogen-bond donors (Lipinski definition) is 0. The maximum Gasteiger partial charge on any atom is 0.127 e. The second-order valence-corrected chi connectivity index (χ2v) is 14.6. The van der Waals surface area contributed by atoms with E-state index in [4.69, 9.17) is 4.74 Å². The van der Waals surface area contributed by atoms with Gasteiger partial charge in [-0.15, -0.1) is 0 Å². The third-order valence-electron chi connectivity index (χ3n) is 12.6. The van der Waals surface area contributed by atoms with Crippen molar-refractivity contribution in [2.24, 2.45) is 0 Å². The van der Waals surface area contributed by atoms with E-state index in [-0.39, 0.29) is 5.41 Å². The smallest absolute Gasteiger partial charge is 0.127 e. The van der Waals surface area contributed by atoms with Gasteiger partial charge in [-0.3, -0.25) is 0 Å². The molecule has 0 N–H and O–H groups in total. The number of allylic oxidation sites excluding steroid dienone is 3. The molecule has 1 atom stereocenters. The van der Waals surface area contributed by atoms with Gasteiger partial charge in [0.05, 0.1) is 10.8 Å². The molecule has 0 saturated heterocycles. The molecule has 1 heteroatoms. The van der Waals surface area contributed by atoms with Gasteiger partial charge in [0.25, 0.3) is 0 Å². The Morgan fingerprint density at radius 1 is 0.412 bits per heavy atom. The van der Waals surface area contributed by atoms with Crippen molar-refractivity contribution in [3.63, 3.8) is 0 Å². The first kappa shape index (κ1) is 27.6. The monoisotopic (exact) mass is 648 g/mol. The summed E-state index contributed by atoms with van der Waals surface area (Å²) in [6.07, 6.45) is 5.60. The van der Waals surface area contributed by atoms with Crippen LogP contribution in [-0.2, 0) is 10.8 Å². The molecule has 5 aliphatic carbocycles. The summed E-state index contributed by atoms with van der Waals surface area (Å²) in [5.74, 6) is 2.10. The Morgan fingerprint density at radius 2 is 0.843 bits per heavy atom. The van der Waals surface area contributed by atoms with Crippen LogP contribution in [0.25, 0.3) is 33.4 Å². The Morgan fingerprint density at radius 3 is 1.37 bits per heavy atom. The molecule has 12 rings (SSSR count). The number of rotatable bonds is 2. The molecule has 0 heterocycles. The molecule has 238 valence electrons. The van der Waals surface area contributed by atoms with Crippen molar-refractivity contribution in [3.05, 3.63) is 232 Å². The van der Waals surface area contributed by atoms with E-state index in [0.717, 1.165) is 17.9 Å². The van der Waals surface area contributed by atoms with E-state index in [1.807, 2.05) is 0 Å². The maximum atomic E-state index is 7.03. The van der Waals surface area contributed by atoms with Crippen LogP contribution in [0.2, 0.25) is 0 Å². The summed E-state index contributed by atoms with van der Waals surface area (Å²) in [7, 11) is 0. The molecule has 0 saturated carbocycles. The standard InChI is InChI=1S/C50H32O/c1-7-19-41-33(13-1)34-14-2-8-20-42(34)49(41)45-23-11-5-17-37(45)39-27-25-31(29-47(39)49)51-32-26-28-40-38-18-6-12-24-46(38)50(48(40)30-32)43-21-9-3-15-35(43)36-16-4-10-22-44(36)50/h1-27,29-30,40H,28H2. The lowest BCUT2D eigenvalue weighted by atomic mass is 9.68. The average Bonchev–Trinajstić information content (AvgIpc) is 3.87. The summed E-state index contributed by atoms with van der Waals surface area (Å²) in [5.41, 5.74) is 19.5. The topological polar surface area (TPSA) is 9.23 Å². The van der Waals surface area contributed by atoms with E-state index < -0.39 is 5.41 Å². The Bertz CT molecular complexity index is 2610. The molecule has 0 bridgehead atoms. The molecule has 0 aliphatic heterocycles. The first-order valence-electron chi connectivity index (χ1n) is 18.1. The average molecular weight is 649 g/mol. The van der Waals surface area contributed by atoms with Gasteiger partial charge in [-0.25, -0.2) is 0 Å². The zero-order chi connectivity index (χ0) is 33.3. The summed E-state index contributed by atoms with van der Waals surface area (Å²) in [5, 5.41) is 0. The summed E-state index contributed by atoms with van der Waals surface area (Å²) >= 11 is 0. The van der Waals surface area contributed by atoms with Crippen molar-refractivity contribution in [1.29, 1.82) is 0 Å². The van der Waals surface area contributed by atoms with Gasteiger partial charge in [0, 0.05) is 5.92 Å². The van der Waals surface area contributed by atoms with Gasteiger partial charge in [0.2, 0.25) is 0 Å². The van der Waals surface area contributed by atoms with Crippen molar-refractivity contribution in [2.45, 2.75) is 23.2 Å². The lowest BCUT2D eigenvalue weighted by Crippen LogP contribution is -2.27. The van der Waals surface area contributed by atoms with Crippen LogP contribution in [0, 0.1) is 0 Å². The fourth-order valence-electron chi connectivity index (χ4n) is 10.8. The van der Waals surface area contributed by atoms with Crippen LogP contribution < -0.4 is 4.74 Å². The molecular weight excluding hydrogens is 617 g/mol. The largest absolute Gasteiger partial charge is 0.458 e. The third kappa shape index (κ3) is 3.24. The zero-order valence-electron chi connectivity index (χ0n) is 27.9. The Balaban J connectivity index is 1.03. The molecule has 0 radical (unpaired) electrons. The SMILES string of the molecule is C1=C(Oc2ccc3c(c2)C2(c4ccccc4-c4ccccc42)c2ccccc2-3)C=C2C(C1)c1ccccc1C21c2ccccc2-c2ccccc21. The lowest BCUT2D eigenvalue weighted by Gasteiger charge is -2.33. The first-order valence-corrected chi connectivity index (χ1v) is 18.1. The number of fused-ring (bicyclic) bond motifs is 20. The van der Waals surface area contributed by atoms with Gasteiger partial charge in [-0.05, 0) is 114 Å². The lowest BCUT2D eigenvalue weighted by molar-refractivity contribution is 0.433. The number of ether oxygens (including phenoxy) is 1. The minimum atomic E-state index is -0.391. The van der Waals surface area contributed by atoms with Gasteiger partial charge < -0.3 is 4.74 Å². The van der Waals surface area contributed by atoms with Crippen LogP contribution in [-0.4, -0.2) is 0 Å². The van der Waals surface area contributed by atoms with Crippen LogP contribution in [0.5, 0.6) is 5.75 Å². The summed E-state index contributed by atoms with van der Waals surface area (Å²) < 4.78 is 7.03. The van der Waals surface area contributed by atoms with Gasteiger partial charge in [0.1, 0.15) is 11.5 Å². The van der Waals surface area contributed by atoms with Crippen molar-refractivity contribution in [3.8, 4) is 39.1 Å². The van der Waals surface area contributed by atoms with E-state index in [9.17, 15) is 0 Å². The van der Waals surface area contributed by atoms with Gasteiger partial charge in [0.15, 0.2) is 0 Å². The van der Waals surface area contributed by atoms with Crippen molar-refractivity contribution >= 4 is 0 Å². The molecular formula is C50H32O. The molecule has 0 amide bonds. The highest BCUT2D eigenvalue weighted by Gasteiger charge is 2.55. The van der Waals surface area contributed by atoms with Gasteiger partial charge >= 0.3 is 0 Å². The molecule has 2 spiro atoms. The molecule has 51 heavy (non-hydrogen) atoms. The highest BCUT2D eigenvalue weighted by molar-refractivity contribution is 5.95. The molecule has 1 nitrogen and oxygen atoms in total. The predicted molar refractivity (Wildman–Crippen MR) is 205 cm³/mol. The van der Waals surface area contributed by atoms with Crippen molar-refractivity contribution in [2.75, 3.05) is 0 Å². The highest BCUT2D eigenvalue weighted by Crippen LogP contribution is 2.66. The highest BCUT2D eigenvalue weighted by atomic mass is 16.5. The Kier molecular flexibility index (Phi) is 5.28. The van der Waals surface area contributed by atoms with E-state index in [2.05, 4.69) is 176 Å². The summed E-state index contributed by atoms with van der Waals surface area (Å²) in [4.78, 5) is 0. The number of hydrogen-bond acceptors (Lipinski definition) is 1. The predicted octanol–water partition coefficient (Wildman–Crippen LogP) is 11.7. The van der Waals surface area contributed by atoms with Crippen LogP contribution in [0.1, 0.15) is 56.8 Å². The van der Waals surface area contributed by atoms with Gasteiger partial charge in [-0.1, -0.05) is 152 Å².